The summed E-state index contributed by atoms with van der Waals surface area (Å²) in [4.78, 5) is 24.9. The highest BCUT2D eigenvalue weighted by atomic mass is 32.1. The van der Waals surface area contributed by atoms with Crippen molar-refractivity contribution in [3.8, 4) is 0 Å². The molecule has 0 aromatic carbocycles. The zero-order valence-electron chi connectivity index (χ0n) is 11.9. The summed E-state index contributed by atoms with van der Waals surface area (Å²) < 4.78 is 6.42. The van der Waals surface area contributed by atoms with E-state index in [-0.39, 0.29) is 17.7 Å². The Bertz CT molecular complexity index is 688. The zero-order chi connectivity index (χ0) is 17.1. The first kappa shape index (κ1) is 17.7. The third-order valence-electron chi connectivity index (χ3n) is 3.42. The number of aromatic amines is 1. The highest BCUT2D eigenvalue weighted by Gasteiger charge is 2.43. The Morgan fingerprint density at radius 1 is 1.43 bits per heavy atom. The first-order chi connectivity index (χ1) is 10.8. The quantitative estimate of drug-likeness (QED) is 0.311. The lowest BCUT2D eigenvalue weighted by Gasteiger charge is -2.18. The van der Waals surface area contributed by atoms with Gasteiger partial charge in [0.1, 0.15) is 23.0 Å². The van der Waals surface area contributed by atoms with E-state index >= 15 is 0 Å². The second kappa shape index (κ2) is 7.29. The normalized spacial score (nSPS) is 27.3. The van der Waals surface area contributed by atoms with Crippen LogP contribution in [0, 0.1) is 4.64 Å². The number of H-pyrrole nitrogens is 1. The van der Waals surface area contributed by atoms with E-state index in [0.717, 1.165) is 4.57 Å². The van der Waals surface area contributed by atoms with Gasteiger partial charge in [-0.1, -0.05) is 12.2 Å². The second-order valence-electron chi connectivity index (χ2n) is 5.05. The number of ether oxygens (including phenoxy) is 1. The molecule has 0 radical (unpaired) electrons. The topological polar surface area (TPSA) is 157 Å². The van der Waals surface area contributed by atoms with E-state index in [9.17, 15) is 19.8 Å². The van der Waals surface area contributed by atoms with E-state index in [1.165, 1.54) is 6.20 Å². The molecule has 1 aromatic heterocycles. The third kappa shape index (κ3) is 3.83. The van der Waals surface area contributed by atoms with Gasteiger partial charge in [0.25, 0.3) is 0 Å². The number of carboxylic acids is 1. The van der Waals surface area contributed by atoms with Gasteiger partial charge in [0.2, 0.25) is 0 Å². The van der Waals surface area contributed by atoms with E-state index in [0.29, 0.717) is 5.56 Å². The van der Waals surface area contributed by atoms with Gasteiger partial charge in [-0.05, 0) is 0 Å². The molecule has 0 aliphatic carbocycles. The number of aliphatic hydroxyl groups is 3. The fraction of sp³-hybridized carbons (Fsp3) is 0.583. The maximum absolute atomic E-state index is 12.0. The average Bonchev–Trinajstić information content (AvgIpc) is 2.77. The summed E-state index contributed by atoms with van der Waals surface area (Å²) in [6, 6.07) is 0. The molecule has 23 heavy (non-hydrogen) atoms. The van der Waals surface area contributed by atoms with Gasteiger partial charge in [-0.2, -0.15) is 0 Å². The molecule has 0 amide bonds. The van der Waals surface area contributed by atoms with Crippen LogP contribution in [0.4, 0.5) is 0 Å². The second-order valence-corrected chi connectivity index (χ2v) is 5.46. The molecule has 1 aromatic rings. The van der Waals surface area contributed by atoms with Gasteiger partial charge in [0.05, 0.1) is 13.2 Å². The highest BCUT2D eigenvalue weighted by molar-refractivity contribution is 7.71. The highest BCUT2D eigenvalue weighted by Crippen LogP contribution is 2.28. The molecule has 0 bridgehead atoms. The van der Waals surface area contributed by atoms with Crippen molar-refractivity contribution < 1.29 is 30.0 Å². The van der Waals surface area contributed by atoms with Gasteiger partial charge < -0.3 is 30.5 Å². The van der Waals surface area contributed by atoms with Crippen molar-refractivity contribution in [3.63, 3.8) is 0 Å². The summed E-state index contributed by atoms with van der Waals surface area (Å²) in [7, 11) is 0. The largest absolute Gasteiger partial charge is 0.480 e. The van der Waals surface area contributed by atoms with Crippen LogP contribution in [0.1, 0.15) is 11.8 Å². The van der Waals surface area contributed by atoms with Crippen molar-refractivity contribution in [1.82, 2.24) is 14.9 Å². The van der Waals surface area contributed by atoms with Crippen LogP contribution in [0.2, 0.25) is 0 Å². The number of hydrogen-bond acceptors (Lipinski definition) is 8. The van der Waals surface area contributed by atoms with Crippen molar-refractivity contribution in [2.24, 2.45) is 0 Å². The standard InChI is InChI=1S/C12H17N3O7S/c16-4-6-8(19)9(20)11(22-6)15-3-5(1-13-2-7(17)18)10(23)14-12(15)21/h3,6,8-9,11,13,16,19-20H,1-2,4H2,(H,17,18)(H,14,21,23)/t6-,8?,9?,11-/m0/s1. The minimum atomic E-state index is -1.41. The van der Waals surface area contributed by atoms with Crippen LogP contribution in [-0.4, -0.2) is 67.4 Å². The number of aliphatic carboxylic acids is 1. The van der Waals surface area contributed by atoms with Gasteiger partial charge in [-0.3, -0.25) is 14.3 Å². The Hall–Kier alpha value is -1.63. The summed E-state index contributed by atoms with van der Waals surface area (Å²) in [5.41, 5.74) is -0.245. The van der Waals surface area contributed by atoms with E-state index in [2.05, 4.69) is 10.3 Å². The van der Waals surface area contributed by atoms with E-state index in [1.807, 2.05) is 0 Å². The Balaban J connectivity index is 2.27. The lowest BCUT2D eigenvalue weighted by molar-refractivity contribution is -0.136. The number of hydrogen-bond donors (Lipinski definition) is 6. The van der Waals surface area contributed by atoms with Crippen LogP contribution in [0.5, 0.6) is 0 Å². The number of nitrogens with zero attached hydrogens (tertiary/aromatic N) is 1. The predicted octanol–water partition coefficient (Wildman–Crippen LogP) is -2.31. The number of nitrogens with one attached hydrogen (secondary N) is 2. The van der Waals surface area contributed by atoms with Crippen molar-refractivity contribution in [2.75, 3.05) is 13.2 Å². The van der Waals surface area contributed by atoms with Crippen molar-refractivity contribution >= 4 is 18.2 Å². The fourth-order valence-corrected chi connectivity index (χ4v) is 2.47. The summed E-state index contributed by atoms with van der Waals surface area (Å²) >= 11 is 5.00. The maximum atomic E-state index is 12.0. The molecule has 0 spiro atoms. The summed E-state index contributed by atoms with van der Waals surface area (Å²) in [6.45, 7) is -0.724. The zero-order valence-corrected chi connectivity index (χ0v) is 12.7. The molecule has 1 fully saturated rings. The Kier molecular flexibility index (Phi) is 5.62. The molecular weight excluding hydrogens is 330 g/mol. The monoisotopic (exact) mass is 347 g/mol. The smallest absolute Gasteiger partial charge is 0.328 e. The SMILES string of the molecule is O=C(O)CNCc1cn([C@H]2O[C@@H](CO)C(O)C2O)c(=O)[nH]c1=S. The van der Waals surface area contributed by atoms with Gasteiger partial charge >= 0.3 is 11.7 Å². The Morgan fingerprint density at radius 2 is 2.13 bits per heavy atom. The average molecular weight is 347 g/mol. The third-order valence-corrected chi connectivity index (χ3v) is 3.79. The van der Waals surface area contributed by atoms with Crippen LogP contribution < -0.4 is 11.0 Å². The molecule has 1 saturated heterocycles. The van der Waals surface area contributed by atoms with Crippen LogP contribution in [0.25, 0.3) is 0 Å². The number of carboxylic acid groups (broad SMARTS) is 1. The summed E-state index contributed by atoms with van der Waals surface area (Å²) in [6.07, 6.45) is -3.64. The number of carbonyl (C=O) groups is 1. The van der Waals surface area contributed by atoms with Gasteiger partial charge in [0.15, 0.2) is 6.23 Å². The minimum Gasteiger partial charge on any atom is -0.480 e. The Labute approximate surface area is 135 Å². The lowest BCUT2D eigenvalue weighted by Crippen LogP contribution is -2.36. The molecule has 0 saturated carbocycles. The van der Waals surface area contributed by atoms with Crippen molar-refractivity contribution in [3.05, 3.63) is 26.9 Å². The number of aromatic nitrogens is 2. The van der Waals surface area contributed by atoms with Crippen molar-refractivity contribution in [1.29, 1.82) is 0 Å². The molecule has 4 atom stereocenters. The fourth-order valence-electron chi connectivity index (χ4n) is 2.26. The summed E-state index contributed by atoms with van der Waals surface area (Å²) in [5.74, 6) is -1.04. The van der Waals surface area contributed by atoms with Crippen LogP contribution in [0.3, 0.4) is 0 Å². The van der Waals surface area contributed by atoms with Gasteiger partial charge in [0, 0.05) is 18.3 Å². The van der Waals surface area contributed by atoms with Crippen LogP contribution >= 0.6 is 12.2 Å². The molecule has 128 valence electrons. The molecule has 1 aliphatic heterocycles. The number of rotatable bonds is 6. The molecule has 2 rings (SSSR count). The molecule has 11 heteroatoms. The molecular formula is C12H17N3O7S. The summed E-state index contributed by atoms with van der Waals surface area (Å²) in [5, 5.41) is 40.0. The van der Waals surface area contributed by atoms with Gasteiger partial charge in [-0.15, -0.1) is 0 Å². The molecule has 1 aliphatic rings. The predicted molar refractivity (Wildman–Crippen MR) is 78.2 cm³/mol. The first-order valence-electron chi connectivity index (χ1n) is 6.74. The molecule has 2 heterocycles. The van der Waals surface area contributed by atoms with Crippen LogP contribution in [0.15, 0.2) is 11.0 Å². The van der Waals surface area contributed by atoms with E-state index < -0.39 is 42.8 Å². The van der Waals surface area contributed by atoms with Crippen molar-refractivity contribution in [2.45, 2.75) is 31.1 Å². The first-order valence-corrected chi connectivity index (χ1v) is 7.15. The molecule has 10 nitrogen and oxygen atoms in total. The van der Waals surface area contributed by atoms with Gasteiger partial charge in [-0.25, -0.2) is 4.79 Å². The number of aliphatic hydroxyl groups excluding tert-OH is 3. The molecule has 6 N–H and O–H groups in total. The Morgan fingerprint density at radius 3 is 2.70 bits per heavy atom. The van der Waals surface area contributed by atoms with E-state index in [1.54, 1.807) is 0 Å². The van der Waals surface area contributed by atoms with E-state index in [4.69, 9.17) is 27.2 Å². The molecule has 2 unspecified atom stereocenters. The minimum absolute atomic E-state index is 0.0801. The maximum Gasteiger partial charge on any atom is 0.328 e. The van der Waals surface area contributed by atoms with Crippen LogP contribution in [-0.2, 0) is 16.1 Å². The lowest BCUT2D eigenvalue weighted by atomic mass is 10.1.